The van der Waals surface area contributed by atoms with E-state index in [2.05, 4.69) is 319 Å². The fourth-order valence-corrected chi connectivity index (χ4v) is 24.5. The summed E-state index contributed by atoms with van der Waals surface area (Å²) in [6.45, 7) is 40.8. The van der Waals surface area contributed by atoms with Crippen LogP contribution in [0.4, 0.5) is 0 Å². The molecule has 0 saturated carbocycles. The topological polar surface area (TPSA) is 222 Å². The number of aliphatic hydroxyl groups excluding tert-OH is 1. The molecule has 0 spiro atoms. The minimum absolute atomic E-state index is 0.0278. The van der Waals surface area contributed by atoms with E-state index in [4.69, 9.17) is 27.8 Å². The van der Waals surface area contributed by atoms with Gasteiger partial charge in [0.1, 0.15) is 4.32 Å². The Balaban J connectivity index is -0.00000156. The number of aliphatic hydroxyl groups is 1. The summed E-state index contributed by atoms with van der Waals surface area (Å²) in [7, 11) is 0.118. The van der Waals surface area contributed by atoms with Gasteiger partial charge in [-0.3, -0.25) is 22.7 Å². The zero-order valence-electron chi connectivity index (χ0n) is 85.1. The Bertz CT molecular complexity index is 4980. The van der Waals surface area contributed by atoms with Crippen LogP contribution in [-0.2, 0) is 116 Å². The fraction of sp³-hybridized carbons (Fsp3) is 0.539. The monoisotopic (exact) mass is 2810 g/mol. The SMILES string of the molecule is Brc1ccsc1.C=CCc1sc(Br)cc1CCCCCC.C=Cc1ccc(S(=O)(=O)OCC(C)(C)C)cc1.CC(C)(Br)C(=O)Br.CCCCCCc1cc(Br)sc1Br.CCCCCCc1cc(Br)sc1CCCO.CCCCCCc1ccsc1.Cc1ccsc1CCCOC(=O)C(C)(C)Br.Cc1ccsc1CCCOC(=O)CCC(Br)c1ccc(S(=O)(=O)OCC(C)(C)C)cc1.OPPP.S=NS.[B]=NS. The van der Waals surface area contributed by atoms with Crippen LogP contribution in [0.3, 0.4) is 0 Å². The van der Waals surface area contributed by atoms with Crippen LogP contribution in [0.25, 0.3) is 6.08 Å². The molecule has 1 radical (unpaired) electrons. The molecule has 40 heteroatoms. The third-order valence-corrected chi connectivity index (χ3v) is 36.7. The molecule has 0 amide bonds. The Morgan fingerprint density at radius 2 is 0.944 bits per heavy atom. The molecule has 0 aliphatic heterocycles. The van der Waals surface area contributed by atoms with Crippen LogP contribution in [-0.4, -0.2) is 92.8 Å². The van der Waals surface area contributed by atoms with Gasteiger partial charge in [0.05, 0.1) is 55.7 Å². The number of thiol groups is 2. The standard InChI is InChI=1S/C23H31BrO5S2.C13H21BrOS.C13H19BrS.C13H18O3S.C12H17BrO2S.C10H14Br2S.C10H16S.C4H6Br2O.C4H3BrS.BHNS.HNS2.H5OP3/c1-17-13-15-30-21(17)6-5-14-28-22(25)12-11-20(24)18-7-9-19(10-8-18)31(26,27)29-16-23(2,3)4;1-2-3-4-5-7-11-10-13(14)16-12(11)8-6-9-15;1-3-5-6-7-9-11-10-13(14)15-12(11)8-4-2;1-5-11-6-8-12(9-7-11)17(14,15)16-10-13(2,3)4;1-9-6-8-16-10(9)5-4-7-15-11(14)12(2,3)13;1-2-3-4-5-6-8-7-9(11)13-10(8)12;1-2-3-4-5-6-10-7-8-11-9-10;1-4(2,6)3(5)7;5-4-1-2-6-3-4;1-2-3;2-1-3;1-3-4-2/h7-10,13,15,20H,5-6,11-12,14,16H2,1-4H3;10,15H,2-9H2,1H3;4,10H,2-3,5-9H2,1H3;5-9H,1,10H2,2-4H3;6,8H,4-5,7H2,1-3H3;7H,2-6H2,1H3;7-9H,2-6H2,1H3;1-2H3;1-3H;3H;(H,2,3);1,3-4H,2H2. The summed E-state index contributed by atoms with van der Waals surface area (Å²) in [6.07, 6.45) is 37.4. The Morgan fingerprint density at radius 3 is 1.29 bits per heavy atom. The maximum atomic E-state index is 12.3. The molecule has 0 aliphatic carbocycles. The second kappa shape index (κ2) is 88.5. The van der Waals surface area contributed by atoms with Crippen LogP contribution in [0.15, 0.2) is 180 Å². The van der Waals surface area contributed by atoms with Gasteiger partial charge in [-0.05, 0) is 402 Å². The Kier molecular flexibility index (Phi) is 91.3. The van der Waals surface area contributed by atoms with E-state index in [0.29, 0.717) is 40.6 Å². The molecule has 0 aliphatic rings. The molecule has 9 aromatic rings. The van der Waals surface area contributed by atoms with Crippen LogP contribution in [0.5, 0.6) is 0 Å². The number of alkyl halides is 3. The van der Waals surface area contributed by atoms with Gasteiger partial charge in [-0.15, -0.1) is 72.2 Å². The first-order valence-corrected chi connectivity index (χ1v) is 69.0. The number of hydrogen-bond acceptors (Lipinski definition) is 24. The summed E-state index contributed by atoms with van der Waals surface area (Å²) < 4.78 is 79.5. The predicted octanol–water partition coefficient (Wildman–Crippen LogP) is 38.5. The third kappa shape index (κ3) is 79.3. The van der Waals surface area contributed by atoms with E-state index in [-0.39, 0.29) is 63.8 Å². The minimum atomic E-state index is -3.78. The number of rotatable bonds is 47. The first-order chi connectivity index (χ1) is 66.9. The van der Waals surface area contributed by atoms with E-state index in [9.17, 15) is 31.2 Å². The van der Waals surface area contributed by atoms with E-state index in [1.165, 1.54) is 225 Å². The quantitative estimate of drug-likeness (QED) is 0.00321. The predicted molar refractivity (Wildman–Crippen MR) is 671 cm³/mol. The average Bonchev–Trinajstić information content (AvgIpc) is 1.93. The third-order valence-electron chi connectivity index (χ3n) is 19.0. The number of benzene rings is 2. The normalized spacial score (nSPS) is 11.3. The van der Waals surface area contributed by atoms with Crippen molar-refractivity contribution in [3.8, 4) is 0 Å². The number of thiophene rings is 7. The molecule has 0 fully saturated rings. The summed E-state index contributed by atoms with van der Waals surface area (Å²) in [5, 5.41) is 21.5. The van der Waals surface area contributed by atoms with Crippen molar-refractivity contribution >= 4 is 337 Å². The molecule has 2 N–H and O–H groups in total. The van der Waals surface area contributed by atoms with Crippen molar-refractivity contribution in [2.45, 2.75) is 320 Å². The second-order valence-corrected chi connectivity index (χ2v) is 63.0. The van der Waals surface area contributed by atoms with Gasteiger partial charge in [0.15, 0.2) is 0 Å². The van der Waals surface area contributed by atoms with E-state index in [0.717, 1.165) is 56.1 Å². The molecule has 2 aromatic carbocycles. The van der Waals surface area contributed by atoms with Gasteiger partial charge in [-0.2, -0.15) is 43.3 Å². The van der Waals surface area contributed by atoms with Crippen molar-refractivity contribution in [2.24, 2.45) is 18.9 Å². The van der Waals surface area contributed by atoms with Crippen molar-refractivity contribution in [3.05, 3.63) is 226 Å². The number of ether oxygens (including phenoxy) is 2. The van der Waals surface area contributed by atoms with Crippen LogP contribution < -0.4 is 0 Å². The second-order valence-electron chi connectivity index (χ2n) is 35.2. The number of esters is 2. The summed E-state index contributed by atoms with van der Waals surface area (Å²) in [6, 6.07) is 28.2. The summed E-state index contributed by atoms with van der Waals surface area (Å²) >= 11 is 53.0. The number of nitrogens with zero attached hydrogens (tertiary/aromatic N) is 2. The van der Waals surface area contributed by atoms with Crippen LogP contribution in [0.2, 0.25) is 0 Å². The molecular weight excluding hydrogens is 2670 g/mol. The molecule has 0 saturated heterocycles. The van der Waals surface area contributed by atoms with Gasteiger partial charge in [0, 0.05) is 68.1 Å². The number of carbonyl (C=O) groups excluding carboxylic acids is 3. The van der Waals surface area contributed by atoms with Crippen LogP contribution in [0, 0.1) is 24.7 Å². The first-order valence-electron chi connectivity index (χ1n) is 46.9. The first kappa shape index (κ1) is 146. The molecule has 0 bridgehead atoms. The van der Waals surface area contributed by atoms with E-state index in [1.807, 2.05) is 87.1 Å². The number of unbranched alkanes of at least 4 members (excludes halogenated alkanes) is 12. The molecule has 4 atom stereocenters. The fourth-order valence-electron chi connectivity index (χ4n) is 11.3. The Hall–Kier alpha value is 0.365. The molecule has 7 aromatic heterocycles. The summed E-state index contributed by atoms with van der Waals surface area (Å²) in [5.41, 5.74) is 9.94. The van der Waals surface area contributed by atoms with E-state index >= 15 is 0 Å². The molecular formula is C102H152BBr9N2O13P3S12. The number of allylic oxidation sites excluding steroid dienone is 1. The number of halogens is 9. The number of aryl methyl sites for hydroxylation is 9. The van der Waals surface area contributed by atoms with E-state index in [1.54, 1.807) is 115 Å². The molecule has 801 valence electrons. The van der Waals surface area contributed by atoms with Crippen LogP contribution >= 0.6 is 274 Å². The molecule has 142 heavy (non-hydrogen) atoms. The molecule has 7 heterocycles. The Morgan fingerprint density at radius 1 is 0.549 bits per heavy atom. The molecule has 15 nitrogen and oxygen atoms in total. The van der Waals surface area contributed by atoms with Crippen molar-refractivity contribution in [1.82, 2.24) is 0 Å². The molecule has 4 unspecified atom stereocenters. The van der Waals surface area contributed by atoms with Crippen molar-refractivity contribution in [3.63, 3.8) is 0 Å². The summed E-state index contributed by atoms with van der Waals surface area (Å²) in [5.74, 6) is -0.419. The zero-order chi connectivity index (χ0) is 108. The van der Waals surface area contributed by atoms with Crippen molar-refractivity contribution < 1.29 is 59.1 Å². The zero-order valence-corrected chi connectivity index (χ0v) is 113. The van der Waals surface area contributed by atoms with Crippen LogP contribution in [0.1, 0.15) is 301 Å². The molecule has 9 rings (SSSR count). The average molecular weight is 2820 g/mol. The Labute approximate surface area is 981 Å². The number of carbonyl (C=O) groups is 3. The van der Waals surface area contributed by atoms with Gasteiger partial charge in [-0.1, -0.05) is 245 Å². The number of hydrogen-bond donors (Lipinski definition) is 4. The van der Waals surface area contributed by atoms with Crippen molar-refractivity contribution in [1.29, 1.82) is 0 Å². The van der Waals surface area contributed by atoms with E-state index < -0.39 is 28.9 Å². The van der Waals surface area contributed by atoms with Gasteiger partial charge < -0.3 is 19.5 Å². The van der Waals surface area contributed by atoms with Gasteiger partial charge in [0.2, 0.25) is 4.69 Å². The van der Waals surface area contributed by atoms with Gasteiger partial charge >= 0.3 is 36.7 Å². The van der Waals surface area contributed by atoms with Crippen molar-refractivity contribution in [2.75, 3.05) is 33.0 Å². The summed E-state index contributed by atoms with van der Waals surface area (Å²) in [4.78, 5) is 47.6. The van der Waals surface area contributed by atoms with Gasteiger partial charge in [-0.25, -0.2) is 0 Å². The van der Waals surface area contributed by atoms with Gasteiger partial charge in [0.25, 0.3) is 20.2 Å². The maximum absolute atomic E-state index is 12.3.